The number of hydrogen-bond acceptors (Lipinski definition) is 3. The number of thiol groups is 1. The molecule has 0 saturated carbocycles. The highest BCUT2D eigenvalue weighted by Gasteiger charge is 2.16. The summed E-state index contributed by atoms with van der Waals surface area (Å²) < 4.78 is 0. The molecule has 1 aliphatic rings. The molecule has 1 saturated heterocycles. The zero-order chi connectivity index (χ0) is 9.26. The van der Waals surface area contributed by atoms with E-state index in [0.29, 0.717) is 0 Å². The summed E-state index contributed by atoms with van der Waals surface area (Å²) in [6, 6.07) is 6.09. The molecule has 0 radical (unpaired) electrons. The van der Waals surface area contributed by atoms with Gasteiger partial charge in [-0.3, -0.25) is 0 Å². The van der Waals surface area contributed by atoms with Crippen LogP contribution in [0.4, 0.5) is 5.69 Å². The maximum atomic E-state index is 5.68. The maximum absolute atomic E-state index is 5.68. The summed E-state index contributed by atoms with van der Waals surface area (Å²) in [4.78, 5) is 0.893. The van der Waals surface area contributed by atoms with Crippen molar-refractivity contribution in [1.29, 1.82) is 0 Å². The topological polar surface area (TPSA) is 38.0 Å². The molecular formula is C10H14N2S. The van der Waals surface area contributed by atoms with Crippen molar-refractivity contribution in [2.45, 2.75) is 11.3 Å². The molecule has 2 nitrogen and oxygen atoms in total. The molecule has 1 heterocycles. The van der Waals surface area contributed by atoms with Gasteiger partial charge in [0.1, 0.15) is 0 Å². The lowest BCUT2D eigenvalue weighted by molar-refractivity contribution is 0.346. The summed E-state index contributed by atoms with van der Waals surface area (Å²) in [7, 11) is 0. The first-order valence-electron chi connectivity index (χ1n) is 4.54. The Morgan fingerprint density at radius 3 is 2.77 bits per heavy atom. The molecular weight excluding hydrogens is 180 g/mol. The van der Waals surface area contributed by atoms with Gasteiger partial charge < -0.3 is 11.1 Å². The van der Waals surface area contributed by atoms with Gasteiger partial charge in [0.05, 0.1) is 0 Å². The summed E-state index contributed by atoms with van der Waals surface area (Å²) in [6.07, 6.45) is 1.14. The molecule has 0 spiro atoms. The van der Waals surface area contributed by atoms with Gasteiger partial charge in [-0.05, 0) is 43.1 Å². The van der Waals surface area contributed by atoms with E-state index in [9.17, 15) is 0 Å². The summed E-state index contributed by atoms with van der Waals surface area (Å²) in [6.45, 7) is 2.29. The van der Waals surface area contributed by atoms with E-state index >= 15 is 0 Å². The Hall–Kier alpha value is -0.670. The molecule has 1 fully saturated rings. The Kier molecular flexibility index (Phi) is 2.47. The molecule has 0 aromatic heterocycles. The highest BCUT2D eigenvalue weighted by molar-refractivity contribution is 7.80. The molecule has 3 heteroatoms. The van der Waals surface area contributed by atoms with E-state index in [4.69, 9.17) is 5.73 Å². The van der Waals surface area contributed by atoms with Gasteiger partial charge in [-0.15, -0.1) is 12.6 Å². The van der Waals surface area contributed by atoms with E-state index in [1.807, 2.05) is 6.07 Å². The maximum Gasteiger partial charge on any atom is 0.0449 e. The van der Waals surface area contributed by atoms with Gasteiger partial charge in [0.25, 0.3) is 0 Å². The second-order valence-corrected chi connectivity index (χ2v) is 4.10. The predicted molar refractivity (Wildman–Crippen MR) is 58.2 cm³/mol. The van der Waals surface area contributed by atoms with Crippen LogP contribution in [0.5, 0.6) is 0 Å². The Bertz CT molecular complexity index is 308. The molecule has 70 valence electrons. The minimum Gasteiger partial charge on any atom is -0.398 e. The van der Waals surface area contributed by atoms with Crippen molar-refractivity contribution in [2.24, 2.45) is 5.92 Å². The van der Waals surface area contributed by atoms with Gasteiger partial charge in [0, 0.05) is 10.6 Å². The number of benzene rings is 1. The van der Waals surface area contributed by atoms with Crippen LogP contribution < -0.4 is 11.1 Å². The highest BCUT2D eigenvalue weighted by Crippen LogP contribution is 2.20. The summed E-state index contributed by atoms with van der Waals surface area (Å²) in [5.41, 5.74) is 7.78. The standard InChI is InChI=1S/C10H14N2S/c11-9-2-1-7(4-10(9)13)3-8-5-12-6-8/h1-2,4,8,12-13H,3,5-6,11H2. The Morgan fingerprint density at radius 1 is 1.46 bits per heavy atom. The number of nitrogens with one attached hydrogen (secondary N) is 1. The van der Waals surface area contributed by atoms with Gasteiger partial charge in [0.15, 0.2) is 0 Å². The van der Waals surface area contributed by atoms with Crippen molar-refractivity contribution >= 4 is 18.3 Å². The van der Waals surface area contributed by atoms with Crippen molar-refractivity contribution in [3.8, 4) is 0 Å². The Balaban J connectivity index is 2.07. The number of anilines is 1. The quantitative estimate of drug-likeness (QED) is 0.491. The average Bonchev–Trinajstić information content (AvgIpc) is 2.04. The van der Waals surface area contributed by atoms with Gasteiger partial charge in [-0.25, -0.2) is 0 Å². The van der Waals surface area contributed by atoms with Crippen molar-refractivity contribution in [2.75, 3.05) is 18.8 Å². The number of nitrogen functional groups attached to an aromatic ring is 1. The summed E-state index contributed by atoms with van der Waals surface area (Å²) >= 11 is 4.30. The van der Waals surface area contributed by atoms with Crippen LogP contribution in [-0.4, -0.2) is 13.1 Å². The lowest BCUT2D eigenvalue weighted by Crippen LogP contribution is -2.43. The lowest BCUT2D eigenvalue weighted by Gasteiger charge is -2.27. The molecule has 0 amide bonds. The van der Waals surface area contributed by atoms with E-state index in [-0.39, 0.29) is 0 Å². The molecule has 1 aliphatic heterocycles. The molecule has 0 atom stereocenters. The van der Waals surface area contributed by atoms with E-state index in [1.54, 1.807) is 0 Å². The highest BCUT2D eigenvalue weighted by atomic mass is 32.1. The van der Waals surface area contributed by atoms with Crippen molar-refractivity contribution in [3.05, 3.63) is 23.8 Å². The number of hydrogen-bond donors (Lipinski definition) is 3. The van der Waals surface area contributed by atoms with Crippen LogP contribution in [0, 0.1) is 5.92 Å². The first-order chi connectivity index (χ1) is 6.25. The first kappa shape index (κ1) is 8.91. The predicted octanol–water partition coefficient (Wildman–Crippen LogP) is 1.32. The average molecular weight is 194 g/mol. The Labute approximate surface area is 83.9 Å². The second-order valence-electron chi connectivity index (χ2n) is 3.62. The first-order valence-corrected chi connectivity index (χ1v) is 4.98. The van der Waals surface area contributed by atoms with Crippen LogP contribution in [0.25, 0.3) is 0 Å². The SMILES string of the molecule is Nc1ccc(CC2CNC2)cc1S. The van der Waals surface area contributed by atoms with Crippen molar-refractivity contribution in [3.63, 3.8) is 0 Å². The zero-order valence-electron chi connectivity index (χ0n) is 7.46. The molecule has 1 aromatic carbocycles. The van der Waals surface area contributed by atoms with E-state index < -0.39 is 0 Å². The molecule has 0 unspecified atom stereocenters. The fourth-order valence-electron chi connectivity index (χ4n) is 1.54. The van der Waals surface area contributed by atoms with Gasteiger partial charge >= 0.3 is 0 Å². The number of rotatable bonds is 2. The van der Waals surface area contributed by atoms with Crippen LogP contribution >= 0.6 is 12.6 Å². The molecule has 0 aliphatic carbocycles. The van der Waals surface area contributed by atoms with Gasteiger partial charge in [0.2, 0.25) is 0 Å². The normalized spacial score (nSPS) is 17.0. The zero-order valence-corrected chi connectivity index (χ0v) is 8.35. The fraction of sp³-hybridized carbons (Fsp3) is 0.400. The van der Waals surface area contributed by atoms with E-state index in [0.717, 1.165) is 36.0 Å². The van der Waals surface area contributed by atoms with Gasteiger partial charge in [-0.1, -0.05) is 6.07 Å². The Morgan fingerprint density at radius 2 is 2.23 bits per heavy atom. The van der Waals surface area contributed by atoms with Crippen LogP contribution in [0.3, 0.4) is 0 Å². The molecule has 13 heavy (non-hydrogen) atoms. The minimum atomic E-state index is 0.763. The van der Waals surface area contributed by atoms with Crippen LogP contribution in [0.1, 0.15) is 5.56 Å². The minimum absolute atomic E-state index is 0.763. The molecule has 3 N–H and O–H groups in total. The van der Waals surface area contributed by atoms with E-state index in [2.05, 4.69) is 30.1 Å². The van der Waals surface area contributed by atoms with Gasteiger partial charge in [-0.2, -0.15) is 0 Å². The summed E-state index contributed by atoms with van der Waals surface area (Å²) in [5, 5.41) is 3.26. The molecule has 1 aromatic rings. The summed E-state index contributed by atoms with van der Waals surface area (Å²) in [5.74, 6) is 0.802. The van der Waals surface area contributed by atoms with Crippen LogP contribution in [-0.2, 0) is 6.42 Å². The van der Waals surface area contributed by atoms with Crippen LogP contribution in [0.15, 0.2) is 23.1 Å². The van der Waals surface area contributed by atoms with Crippen molar-refractivity contribution in [1.82, 2.24) is 5.32 Å². The third-order valence-corrected chi connectivity index (χ3v) is 2.87. The fourth-order valence-corrected chi connectivity index (χ4v) is 1.78. The monoisotopic (exact) mass is 194 g/mol. The van der Waals surface area contributed by atoms with Crippen LogP contribution in [0.2, 0.25) is 0 Å². The largest absolute Gasteiger partial charge is 0.398 e. The second kappa shape index (κ2) is 3.60. The third-order valence-electron chi connectivity index (χ3n) is 2.49. The number of nitrogens with two attached hydrogens (primary N) is 1. The van der Waals surface area contributed by atoms with E-state index in [1.165, 1.54) is 5.56 Å². The van der Waals surface area contributed by atoms with Crippen molar-refractivity contribution < 1.29 is 0 Å². The molecule has 2 rings (SSSR count). The lowest BCUT2D eigenvalue weighted by atomic mass is 9.94. The smallest absolute Gasteiger partial charge is 0.0449 e. The molecule has 0 bridgehead atoms. The third kappa shape index (κ3) is 1.98.